The molecule has 0 unspecified atom stereocenters. The van der Waals surface area contributed by atoms with Crippen LogP contribution < -0.4 is 10.6 Å². The number of benzene rings is 2. The van der Waals surface area contributed by atoms with E-state index in [1.165, 1.54) is 5.56 Å². The average Bonchev–Trinajstić information content (AvgIpc) is 2.48. The molecule has 20 heavy (non-hydrogen) atoms. The minimum Gasteiger partial charge on any atom is -0.325 e. The fourth-order valence-electron chi connectivity index (χ4n) is 2.01. The van der Waals surface area contributed by atoms with Crippen molar-refractivity contribution >= 4 is 11.6 Å². The second-order valence-corrected chi connectivity index (χ2v) is 4.88. The van der Waals surface area contributed by atoms with Crippen LogP contribution >= 0.6 is 0 Å². The van der Waals surface area contributed by atoms with Crippen molar-refractivity contribution in [3.05, 3.63) is 65.7 Å². The molecular formula is C17H20N2O. The average molecular weight is 268 g/mol. The maximum Gasteiger partial charge on any atom is 0.238 e. The molecule has 104 valence electrons. The highest BCUT2D eigenvalue weighted by atomic mass is 16.1. The van der Waals surface area contributed by atoms with Gasteiger partial charge in [0.2, 0.25) is 5.91 Å². The first-order chi connectivity index (χ1) is 9.66. The predicted octanol–water partition coefficient (Wildman–Crippen LogP) is 3.28. The molecule has 0 aliphatic carbocycles. The molecule has 0 aliphatic heterocycles. The number of carbonyl (C=O) groups excluding carboxylic acids is 1. The first kappa shape index (κ1) is 14.3. The van der Waals surface area contributed by atoms with Crippen molar-refractivity contribution in [1.29, 1.82) is 0 Å². The van der Waals surface area contributed by atoms with Crippen molar-refractivity contribution in [1.82, 2.24) is 5.32 Å². The first-order valence-corrected chi connectivity index (χ1v) is 6.80. The summed E-state index contributed by atoms with van der Waals surface area (Å²) in [5.41, 5.74) is 3.11. The van der Waals surface area contributed by atoms with Gasteiger partial charge < -0.3 is 10.6 Å². The minimum absolute atomic E-state index is 0.0259. The number of hydrogen-bond acceptors (Lipinski definition) is 2. The number of para-hydroxylation sites is 1. The molecule has 2 aromatic carbocycles. The summed E-state index contributed by atoms with van der Waals surface area (Å²) in [5.74, 6) is -0.0259. The summed E-state index contributed by atoms with van der Waals surface area (Å²) >= 11 is 0. The number of anilines is 1. The monoisotopic (exact) mass is 268 g/mol. The molecule has 3 nitrogen and oxygen atoms in total. The van der Waals surface area contributed by atoms with Gasteiger partial charge in [0.05, 0.1) is 6.54 Å². The van der Waals surface area contributed by atoms with Gasteiger partial charge in [-0.25, -0.2) is 0 Å². The molecule has 0 fully saturated rings. The van der Waals surface area contributed by atoms with Crippen molar-refractivity contribution < 1.29 is 4.79 Å². The van der Waals surface area contributed by atoms with Gasteiger partial charge in [-0.3, -0.25) is 4.79 Å². The van der Waals surface area contributed by atoms with Gasteiger partial charge in [-0.15, -0.1) is 0 Å². The van der Waals surface area contributed by atoms with Crippen LogP contribution in [0.1, 0.15) is 24.1 Å². The van der Waals surface area contributed by atoms with Crippen LogP contribution in [0.15, 0.2) is 54.6 Å². The van der Waals surface area contributed by atoms with E-state index in [0.717, 1.165) is 11.3 Å². The highest BCUT2D eigenvalue weighted by Gasteiger charge is 2.08. The van der Waals surface area contributed by atoms with Crippen LogP contribution in [-0.4, -0.2) is 12.5 Å². The number of nitrogens with one attached hydrogen (secondary N) is 2. The van der Waals surface area contributed by atoms with Crippen LogP contribution in [0.2, 0.25) is 0 Å². The van der Waals surface area contributed by atoms with Crippen LogP contribution in [0, 0.1) is 6.92 Å². The van der Waals surface area contributed by atoms with Gasteiger partial charge in [-0.1, -0.05) is 48.5 Å². The summed E-state index contributed by atoms with van der Waals surface area (Å²) < 4.78 is 0. The van der Waals surface area contributed by atoms with E-state index in [2.05, 4.69) is 29.7 Å². The SMILES string of the molecule is Cc1ccccc1NC(=O)CN[C@@H](C)c1ccccc1. The molecule has 1 atom stereocenters. The van der Waals surface area contributed by atoms with Crippen LogP contribution in [0.25, 0.3) is 0 Å². The summed E-state index contributed by atoms with van der Waals surface area (Å²) in [5, 5.41) is 6.14. The second-order valence-electron chi connectivity index (χ2n) is 4.88. The zero-order chi connectivity index (χ0) is 14.4. The van der Waals surface area contributed by atoms with Gasteiger partial charge in [0.25, 0.3) is 0 Å². The van der Waals surface area contributed by atoms with E-state index in [9.17, 15) is 4.79 Å². The standard InChI is InChI=1S/C17H20N2O/c1-13-8-6-7-11-16(13)19-17(20)12-18-14(2)15-9-4-3-5-10-15/h3-11,14,18H,12H2,1-2H3,(H,19,20)/t14-/m0/s1. The Morgan fingerprint density at radius 2 is 1.70 bits per heavy atom. The third-order valence-electron chi connectivity index (χ3n) is 3.29. The van der Waals surface area contributed by atoms with E-state index in [-0.39, 0.29) is 11.9 Å². The predicted molar refractivity (Wildman–Crippen MR) is 82.7 cm³/mol. The molecule has 2 N–H and O–H groups in total. The Bertz CT molecular complexity index is 566. The normalized spacial score (nSPS) is 11.9. The molecule has 0 saturated heterocycles. The third kappa shape index (κ3) is 3.93. The molecule has 0 spiro atoms. The molecule has 2 aromatic rings. The topological polar surface area (TPSA) is 41.1 Å². The van der Waals surface area contributed by atoms with Gasteiger partial charge in [0, 0.05) is 11.7 Å². The van der Waals surface area contributed by atoms with E-state index in [0.29, 0.717) is 6.54 Å². The lowest BCUT2D eigenvalue weighted by Gasteiger charge is -2.14. The van der Waals surface area contributed by atoms with Crippen molar-refractivity contribution in [3.63, 3.8) is 0 Å². The van der Waals surface area contributed by atoms with E-state index >= 15 is 0 Å². The molecule has 0 heterocycles. The summed E-state index contributed by atoms with van der Waals surface area (Å²) in [6.45, 7) is 4.33. The Labute approximate surface area is 120 Å². The highest BCUT2D eigenvalue weighted by molar-refractivity contribution is 5.92. The smallest absolute Gasteiger partial charge is 0.238 e. The van der Waals surface area contributed by atoms with Crippen molar-refractivity contribution in [2.75, 3.05) is 11.9 Å². The maximum absolute atomic E-state index is 11.9. The molecule has 0 saturated carbocycles. The number of amides is 1. The maximum atomic E-state index is 11.9. The van der Waals surface area contributed by atoms with Gasteiger partial charge >= 0.3 is 0 Å². The fourth-order valence-corrected chi connectivity index (χ4v) is 2.01. The van der Waals surface area contributed by atoms with Crippen molar-refractivity contribution in [3.8, 4) is 0 Å². The van der Waals surface area contributed by atoms with Gasteiger partial charge in [-0.2, -0.15) is 0 Å². The Morgan fingerprint density at radius 3 is 2.40 bits per heavy atom. The van der Waals surface area contributed by atoms with Crippen LogP contribution in [0.3, 0.4) is 0 Å². The summed E-state index contributed by atoms with van der Waals surface area (Å²) in [4.78, 5) is 11.9. The van der Waals surface area contributed by atoms with E-state index in [1.54, 1.807) is 0 Å². The quantitative estimate of drug-likeness (QED) is 0.873. The largest absolute Gasteiger partial charge is 0.325 e. The number of aryl methyl sites for hydroxylation is 1. The molecule has 3 heteroatoms. The summed E-state index contributed by atoms with van der Waals surface area (Å²) in [6.07, 6.45) is 0. The van der Waals surface area contributed by atoms with E-state index in [1.807, 2.05) is 49.4 Å². The van der Waals surface area contributed by atoms with Crippen LogP contribution in [0.5, 0.6) is 0 Å². The number of rotatable bonds is 5. The molecule has 0 aromatic heterocycles. The van der Waals surface area contributed by atoms with Crippen molar-refractivity contribution in [2.45, 2.75) is 19.9 Å². The Balaban J connectivity index is 1.85. The molecule has 0 radical (unpaired) electrons. The highest BCUT2D eigenvalue weighted by Crippen LogP contribution is 2.13. The van der Waals surface area contributed by atoms with Gasteiger partial charge in [-0.05, 0) is 31.0 Å². The van der Waals surface area contributed by atoms with Crippen LogP contribution in [0.4, 0.5) is 5.69 Å². The van der Waals surface area contributed by atoms with E-state index < -0.39 is 0 Å². The molecule has 0 aliphatic rings. The molecular weight excluding hydrogens is 248 g/mol. The lowest BCUT2D eigenvalue weighted by Crippen LogP contribution is -2.30. The number of hydrogen-bond donors (Lipinski definition) is 2. The Morgan fingerprint density at radius 1 is 1.05 bits per heavy atom. The number of carbonyl (C=O) groups is 1. The zero-order valence-corrected chi connectivity index (χ0v) is 11.9. The van der Waals surface area contributed by atoms with Crippen LogP contribution in [-0.2, 0) is 4.79 Å². The third-order valence-corrected chi connectivity index (χ3v) is 3.29. The van der Waals surface area contributed by atoms with Gasteiger partial charge in [0.1, 0.15) is 0 Å². The summed E-state index contributed by atoms with van der Waals surface area (Å²) in [7, 11) is 0. The van der Waals surface area contributed by atoms with Crippen molar-refractivity contribution in [2.24, 2.45) is 0 Å². The first-order valence-electron chi connectivity index (χ1n) is 6.80. The molecule has 0 bridgehead atoms. The zero-order valence-electron chi connectivity index (χ0n) is 11.9. The second kappa shape index (κ2) is 6.87. The molecule has 2 rings (SSSR count). The lowest BCUT2D eigenvalue weighted by molar-refractivity contribution is -0.115. The summed E-state index contributed by atoms with van der Waals surface area (Å²) in [6, 6.07) is 18.0. The molecule has 1 amide bonds. The van der Waals surface area contributed by atoms with E-state index in [4.69, 9.17) is 0 Å². The Hall–Kier alpha value is -2.13. The van der Waals surface area contributed by atoms with Gasteiger partial charge in [0.15, 0.2) is 0 Å². The Kier molecular flexibility index (Phi) is 4.91. The lowest BCUT2D eigenvalue weighted by atomic mass is 10.1. The minimum atomic E-state index is -0.0259. The fraction of sp³-hybridized carbons (Fsp3) is 0.235.